The Morgan fingerprint density at radius 3 is 2.70 bits per heavy atom. The summed E-state index contributed by atoms with van der Waals surface area (Å²) in [5, 5.41) is 23.1. The lowest BCUT2D eigenvalue weighted by Crippen LogP contribution is -2.18. The standard InChI is InChI=1S/C32H30FN5O2/c1-3-4-8-31(39)35-23-12-21(17-34-18-23)19-9-10-29-27(14-19)32(38-37-29)30-16-26-25(6-5-7-28(26)36-30)20-11-22(33)15-24(13-20)40-2/h5-7,9-18,31,35-36,39H,3-4,8H2,1-2H3,(H,37,38). The maximum absolute atomic E-state index is 14.3. The lowest BCUT2D eigenvalue weighted by Gasteiger charge is -2.14. The van der Waals surface area contributed by atoms with Gasteiger partial charge in [0.25, 0.3) is 0 Å². The van der Waals surface area contributed by atoms with Crippen LogP contribution in [-0.2, 0) is 0 Å². The average Bonchev–Trinajstić information content (AvgIpc) is 3.59. The summed E-state index contributed by atoms with van der Waals surface area (Å²) < 4.78 is 19.6. The summed E-state index contributed by atoms with van der Waals surface area (Å²) >= 11 is 0. The van der Waals surface area contributed by atoms with Crippen LogP contribution in [0.4, 0.5) is 10.1 Å². The minimum absolute atomic E-state index is 0.350. The summed E-state index contributed by atoms with van der Waals surface area (Å²) in [5.41, 5.74) is 7.79. The number of hydrogen-bond acceptors (Lipinski definition) is 5. The Morgan fingerprint density at radius 2 is 1.85 bits per heavy atom. The molecule has 1 atom stereocenters. The van der Waals surface area contributed by atoms with Crippen LogP contribution in [0.5, 0.6) is 5.75 Å². The number of aromatic nitrogens is 4. The number of aliphatic hydroxyl groups excluding tert-OH is 1. The molecule has 0 radical (unpaired) electrons. The summed E-state index contributed by atoms with van der Waals surface area (Å²) in [5.74, 6) is 0.120. The van der Waals surface area contributed by atoms with E-state index in [1.807, 2.05) is 54.7 Å². The number of benzene rings is 3. The Labute approximate surface area is 231 Å². The van der Waals surface area contributed by atoms with Crippen molar-refractivity contribution >= 4 is 27.5 Å². The largest absolute Gasteiger partial charge is 0.497 e. The van der Waals surface area contributed by atoms with E-state index >= 15 is 0 Å². The number of methoxy groups -OCH3 is 1. The summed E-state index contributed by atoms with van der Waals surface area (Å²) in [6, 6.07) is 20.8. The van der Waals surface area contributed by atoms with E-state index < -0.39 is 6.23 Å². The Bertz CT molecular complexity index is 1810. The fraction of sp³-hybridized carbons (Fsp3) is 0.188. The maximum atomic E-state index is 14.3. The number of rotatable bonds is 9. The molecule has 3 heterocycles. The summed E-state index contributed by atoms with van der Waals surface area (Å²) in [6.07, 6.45) is 5.59. The summed E-state index contributed by atoms with van der Waals surface area (Å²) in [7, 11) is 1.53. The van der Waals surface area contributed by atoms with Gasteiger partial charge in [-0.3, -0.25) is 10.1 Å². The molecule has 0 saturated carbocycles. The molecule has 0 amide bonds. The van der Waals surface area contributed by atoms with Gasteiger partial charge in [-0.15, -0.1) is 0 Å². The number of nitrogens with zero attached hydrogens (tertiary/aromatic N) is 2. The molecule has 1 unspecified atom stereocenters. The summed E-state index contributed by atoms with van der Waals surface area (Å²) in [6.45, 7) is 2.10. The predicted molar refractivity (Wildman–Crippen MR) is 158 cm³/mol. The number of anilines is 1. The minimum atomic E-state index is -0.611. The smallest absolute Gasteiger partial charge is 0.127 e. The van der Waals surface area contributed by atoms with Gasteiger partial charge in [0.15, 0.2) is 0 Å². The molecular formula is C32H30FN5O2. The third kappa shape index (κ3) is 5.01. The molecule has 0 saturated heterocycles. The Hall–Kier alpha value is -4.69. The minimum Gasteiger partial charge on any atom is -0.497 e. The Balaban J connectivity index is 1.37. The van der Waals surface area contributed by atoms with Crippen LogP contribution in [0.1, 0.15) is 26.2 Å². The molecule has 0 spiro atoms. The van der Waals surface area contributed by atoms with Crippen molar-refractivity contribution < 1.29 is 14.2 Å². The van der Waals surface area contributed by atoms with E-state index in [2.05, 4.69) is 38.5 Å². The second kappa shape index (κ2) is 10.8. The van der Waals surface area contributed by atoms with Gasteiger partial charge in [0, 0.05) is 34.1 Å². The van der Waals surface area contributed by atoms with Gasteiger partial charge in [0.2, 0.25) is 0 Å². The van der Waals surface area contributed by atoms with E-state index in [-0.39, 0.29) is 5.82 Å². The van der Waals surface area contributed by atoms with Crippen LogP contribution in [-0.4, -0.2) is 38.6 Å². The van der Waals surface area contributed by atoms with Crippen molar-refractivity contribution in [2.45, 2.75) is 32.4 Å². The van der Waals surface area contributed by atoms with E-state index in [9.17, 15) is 9.50 Å². The number of hydrogen-bond donors (Lipinski definition) is 4. The Morgan fingerprint density at radius 1 is 0.950 bits per heavy atom. The van der Waals surface area contributed by atoms with Gasteiger partial charge in [-0.1, -0.05) is 31.5 Å². The molecule has 3 aromatic carbocycles. The SMILES string of the molecule is CCCCC(O)Nc1cncc(-c2ccc3[nH]nc(-c4cc5c(-c6cc(F)cc(OC)c6)cccc5[nH]4)c3c2)c1. The molecule has 8 heteroatoms. The first-order valence-corrected chi connectivity index (χ1v) is 13.4. The molecule has 6 rings (SSSR count). The zero-order valence-corrected chi connectivity index (χ0v) is 22.3. The topological polar surface area (TPSA) is 98.8 Å². The molecule has 0 aliphatic heterocycles. The van der Waals surface area contributed by atoms with Gasteiger partial charge in [-0.05, 0) is 72.0 Å². The van der Waals surface area contributed by atoms with Crippen LogP contribution < -0.4 is 10.1 Å². The zero-order chi connectivity index (χ0) is 27.6. The molecule has 0 fully saturated rings. The first-order chi connectivity index (χ1) is 19.5. The Kier molecular flexibility index (Phi) is 6.92. The number of H-pyrrole nitrogens is 2. The van der Waals surface area contributed by atoms with Crippen molar-refractivity contribution in [2.24, 2.45) is 0 Å². The van der Waals surface area contributed by atoms with Crippen LogP contribution in [0.15, 0.2) is 79.1 Å². The van der Waals surface area contributed by atoms with Crippen LogP contribution in [0.3, 0.4) is 0 Å². The molecular weight excluding hydrogens is 505 g/mol. The number of nitrogens with one attached hydrogen (secondary N) is 3. The molecule has 4 N–H and O–H groups in total. The van der Waals surface area contributed by atoms with E-state index in [0.717, 1.165) is 74.0 Å². The van der Waals surface area contributed by atoms with Crippen molar-refractivity contribution in [3.05, 3.63) is 84.9 Å². The normalized spacial score (nSPS) is 12.2. The monoisotopic (exact) mass is 535 g/mol. The van der Waals surface area contributed by atoms with Gasteiger partial charge in [0.05, 0.1) is 30.2 Å². The van der Waals surface area contributed by atoms with Crippen LogP contribution in [0.25, 0.3) is 55.4 Å². The van der Waals surface area contributed by atoms with E-state index in [1.54, 1.807) is 6.20 Å². The van der Waals surface area contributed by atoms with Crippen molar-refractivity contribution in [1.82, 2.24) is 20.2 Å². The van der Waals surface area contributed by atoms with Gasteiger partial charge in [-0.2, -0.15) is 5.10 Å². The third-order valence-corrected chi connectivity index (χ3v) is 7.14. The van der Waals surface area contributed by atoms with Gasteiger partial charge in [-0.25, -0.2) is 4.39 Å². The predicted octanol–water partition coefficient (Wildman–Crippen LogP) is 7.51. The van der Waals surface area contributed by atoms with Gasteiger partial charge < -0.3 is 20.1 Å². The number of pyridine rings is 1. The first-order valence-electron chi connectivity index (χ1n) is 13.4. The lowest BCUT2D eigenvalue weighted by atomic mass is 10.0. The maximum Gasteiger partial charge on any atom is 0.127 e. The van der Waals surface area contributed by atoms with Crippen LogP contribution in [0.2, 0.25) is 0 Å². The molecule has 0 aliphatic carbocycles. The number of halogens is 1. The molecule has 7 nitrogen and oxygen atoms in total. The van der Waals surface area contributed by atoms with E-state index in [1.165, 1.54) is 19.2 Å². The number of aliphatic hydroxyl groups is 1. The molecule has 6 aromatic rings. The second-order valence-corrected chi connectivity index (χ2v) is 9.93. The lowest BCUT2D eigenvalue weighted by molar-refractivity contribution is 0.190. The molecule has 0 aliphatic rings. The second-order valence-electron chi connectivity index (χ2n) is 9.93. The third-order valence-electron chi connectivity index (χ3n) is 7.14. The zero-order valence-electron chi connectivity index (χ0n) is 22.3. The highest BCUT2D eigenvalue weighted by molar-refractivity contribution is 6.02. The van der Waals surface area contributed by atoms with Crippen molar-refractivity contribution in [3.8, 4) is 39.4 Å². The van der Waals surface area contributed by atoms with E-state index in [4.69, 9.17) is 4.74 Å². The highest BCUT2D eigenvalue weighted by atomic mass is 19.1. The van der Waals surface area contributed by atoms with Crippen LogP contribution >= 0.6 is 0 Å². The fourth-order valence-corrected chi connectivity index (χ4v) is 5.11. The number of aromatic amines is 2. The number of fused-ring (bicyclic) bond motifs is 2. The highest BCUT2D eigenvalue weighted by Crippen LogP contribution is 2.36. The molecule has 0 bridgehead atoms. The molecule has 202 valence electrons. The van der Waals surface area contributed by atoms with E-state index in [0.29, 0.717) is 12.2 Å². The van der Waals surface area contributed by atoms with Crippen molar-refractivity contribution in [1.29, 1.82) is 0 Å². The van der Waals surface area contributed by atoms with Crippen LogP contribution in [0, 0.1) is 5.82 Å². The summed E-state index contributed by atoms with van der Waals surface area (Å²) in [4.78, 5) is 7.88. The van der Waals surface area contributed by atoms with Gasteiger partial charge in [0.1, 0.15) is 23.5 Å². The highest BCUT2D eigenvalue weighted by Gasteiger charge is 2.15. The first kappa shape index (κ1) is 25.6. The molecule has 40 heavy (non-hydrogen) atoms. The molecule has 3 aromatic heterocycles. The van der Waals surface area contributed by atoms with Crippen molar-refractivity contribution in [2.75, 3.05) is 12.4 Å². The quantitative estimate of drug-likeness (QED) is 0.144. The van der Waals surface area contributed by atoms with Crippen molar-refractivity contribution in [3.63, 3.8) is 0 Å². The average molecular weight is 536 g/mol. The fourth-order valence-electron chi connectivity index (χ4n) is 5.11. The number of unbranched alkanes of at least 4 members (excludes halogenated alkanes) is 1. The number of ether oxygens (including phenoxy) is 1. The van der Waals surface area contributed by atoms with Gasteiger partial charge >= 0.3 is 0 Å².